The summed E-state index contributed by atoms with van der Waals surface area (Å²) in [5.74, 6) is 2.93. The predicted octanol–water partition coefficient (Wildman–Crippen LogP) is 4.51. The molecule has 3 aliphatic heterocycles. The first-order valence-corrected chi connectivity index (χ1v) is 11.0. The molecule has 0 fully saturated rings. The Hall–Kier alpha value is -3.87. The van der Waals surface area contributed by atoms with Gasteiger partial charge < -0.3 is 29.2 Å². The van der Waals surface area contributed by atoms with Gasteiger partial charge in [0.2, 0.25) is 6.79 Å². The third-order valence-corrected chi connectivity index (χ3v) is 6.36. The zero-order valence-corrected chi connectivity index (χ0v) is 18.5. The van der Waals surface area contributed by atoms with Crippen molar-refractivity contribution >= 4 is 11.6 Å². The number of hydrogen-bond acceptors (Lipinski definition) is 6. The highest BCUT2D eigenvalue weighted by molar-refractivity contribution is 6.01. The van der Waals surface area contributed by atoms with Crippen LogP contribution in [0.15, 0.2) is 54.6 Å². The molecular weight excluding hydrogens is 420 g/mol. The monoisotopic (exact) mass is 444 g/mol. The fraction of sp³-hybridized carbons (Fsp3) is 0.269. The summed E-state index contributed by atoms with van der Waals surface area (Å²) in [7, 11) is 1.66. The van der Waals surface area contributed by atoms with Crippen molar-refractivity contribution < 1.29 is 23.7 Å². The number of nitrogens with zero attached hydrogens (tertiary/aromatic N) is 1. The second-order valence-corrected chi connectivity index (χ2v) is 8.55. The van der Waals surface area contributed by atoms with Crippen LogP contribution < -0.4 is 24.3 Å². The Morgan fingerprint density at radius 1 is 1.06 bits per heavy atom. The number of hydrogen-bond donors (Lipinski definition) is 1. The third-order valence-electron chi connectivity index (χ3n) is 6.36. The van der Waals surface area contributed by atoms with Crippen molar-refractivity contribution in [2.75, 3.05) is 19.2 Å². The molecule has 3 aliphatic rings. The lowest BCUT2D eigenvalue weighted by atomic mass is 9.99. The van der Waals surface area contributed by atoms with Crippen LogP contribution in [0, 0.1) is 0 Å². The van der Waals surface area contributed by atoms with Crippen molar-refractivity contribution in [1.29, 1.82) is 0 Å². The average molecular weight is 444 g/mol. The van der Waals surface area contributed by atoms with Gasteiger partial charge in [-0.05, 0) is 48.9 Å². The Bertz CT molecular complexity index is 1260. The molecule has 168 valence electrons. The number of benzene rings is 3. The Labute approximate surface area is 191 Å². The molecule has 0 saturated heterocycles. The summed E-state index contributed by atoms with van der Waals surface area (Å²) in [6, 6.07) is 17.4. The van der Waals surface area contributed by atoms with Crippen LogP contribution in [0.3, 0.4) is 0 Å². The summed E-state index contributed by atoms with van der Waals surface area (Å²) in [6.45, 7) is 2.65. The molecule has 1 amide bonds. The van der Waals surface area contributed by atoms with E-state index in [2.05, 4.69) is 12.2 Å². The van der Waals surface area contributed by atoms with E-state index in [1.165, 1.54) is 0 Å². The van der Waals surface area contributed by atoms with Gasteiger partial charge in [-0.25, -0.2) is 0 Å². The topological polar surface area (TPSA) is 69.3 Å². The lowest BCUT2D eigenvalue weighted by Gasteiger charge is -2.38. The number of nitrogens with one attached hydrogen (secondary N) is 1. The van der Waals surface area contributed by atoms with E-state index in [4.69, 9.17) is 18.9 Å². The molecule has 0 aliphatic carbocycles. The van der Waals surface area contributed by atoms with Crippen molar-refractivity contribution in [3.05, 3.63) is 76.9 Å². The van der Waals surface area contributed by atoms with Crippen molar-refractivity contribution in [3.8, 4) is 23.0 Å². The first kappa shape index (κ1) is 19.8. The van der Waals surface area contributed by atoms with Crippen LogP contribution in [0.25, 0.3) is 0 Å². The lowest BCUT2D eigenvalue weighted by molar-refractivity contribution is 0.0664. The van der Waals surface area contributed by atoms with Crippen LogP contribution in [0.5, 0.6) is 23.0 Å². The first-order valence-electron chi connectivity index (χ1n) is 11.0. The van der Waals surface area contributed by atoms with E-state index in [9.17, 15) is 4.79 Å². The standard InChI is InChI=1S/C26H24N2O5/c1-15-9-17-11-23(30-2)19(12-22(17)33-15)25-27-20-6-4-3-5-18(20)26(29)28(25)13-16-7-8-21-24(10-16)32-14-31-21/h3-8,10-12,15,25,27H,9,13-14H2,1-2H3. The second kappa shape index (κ2) is 7.62. The fourth-order valence-corrected chi connectivity index (χ4v) is 4.78. The summed E-state index contributed by atoms with van der Waals surface area (Å²) in [6.07, 6.45) is 0.524. The fourth-order valence-electron chi connectivity index (χ4n) is 4.78. The largest absolute Gasteiger partial charge is 0.496 e. The van der Waals surface area contributed by atoms with Gasteiger partial charge in [0, 0.05) is 29.8 Å². The molecule has 1 N–H and O–H groups in total. The highest BCUT2D eigenvalue weighted by Crippen LogP contribution is 2.43. The van der Waals surface area contributed by atoms with Gasteiger partial charge in [0.05, 0.1) is 12.7 Å². The van der Waals surface area contributed by atoms with Gasteiger partial charge in [-0.3, -0.25) is 4.79 Å². The molecule has 2 atom stereocenters. The van der Waals surface area contributed by atoms with E-state index in [0.717, 1.165) is 46.0 Å². The molecule has 0 saturated carbocycles. The summed E-state index contributed by atoms with van der Waals surface area (Å²) >= 11 is 0. The maximum atomic E-state index is 13.7. The molecule has 33 heavy (non-hydrogen) atoms. The van der Waals surface area contributed by atoms with E-state index < -0.39 is 6.17 Å². The molecule has 0 bridgehead atoms. The highest BCUT2D eigenvalue weighted by atomic mass is 16.7. The minimum Gasteiger partial charge on any atom is -0.496 e. The average Bonchev–Trinajstić information content (AvgIpc) is 3.44. The van der Waals surface area contributed by atoms with Crippen LogP contribution in [0.1, 0.15) is 40.1 Å². The predicted molar refractivity (Wildman–Crippen MR) is 122 cm³/mol. The maximum absolute atomic E-state index is 13.7. The molecule has 2 unspecified atom stereocenters. The first-order chi connectivity index (χ1) is 16.1. The van der Waals surface area contributed by atoms with Gasteiger partial charge in [-0.2, -0.15) is 0 Å². The number of amides is 1. The van der Waals surface area contributed by atoms with E-state index in [1.54, 1.807) is 7.11 Å². The highest BCUT2D eigenvalue weighted by Gasteiger charge is 2.36. The summed E-state index contributed by atoms with van der Waals surface area (Å²) < 4.78 is 22.8. The Morgan fingerprint density at radius 3 is 2.79 bits per heavy atom. The van der Waals surface area contributed by atoms with Crippen molar-refractivity contribution in [3.63, 3.8) is 0 Å². The molecule has 0 radical (unpaired) electrons. The van der Waals surface area contributed by atoms with Crippen molar-refractivity contribution in [2.24, 2.45) is 0 Å². The molecule has 7 nitrogen and oxygen atoms in total. The van der Waals surface area contributed by atoms with Crippen molar-refractivity contribution in [1.82, 2.24) is 4.90 Å². The van der Waals surface area contributed by atoms with Crippen molar-refractivity contribution in [2.45, 2.75) is 32.2 Å². The number of ether oxygens (including phenoxy) is 4. The van der Waals surface area contributed by atoms with Crippen LogP contribution in [0.4, 0.5) is 5.69 Å². The zero-order chi connectivity index (χ0) is 22.5. The second-order valence-electron chi connectivity index (χ2n) is 8.55. The molecule has 3 heterocycles. The van der Waals surface area contributed by atoms with Crippen LogP contribution >= 0.6 is 0 Å². The quantitative estimate of drug-likeness (QED) is 0.639. The molecule has 7 heteroatoms. The minimum atomic E-state index is -0.433. The number of anilines is 1. The number of methoxy groups -OCH3 is 1. The Balaban J connectivity index is 1.43. The lowest BCUT2D eigenvalue weighted by Crippen LogP contribution is -2.42. The molecule has 0 spiro atoms. The zero-order valence-electron chi connectivity index (χ0n) is 18.5. The van der Waals surface area contributed by atoms with Gasteiger partial charge in [0.1, 0.15) is 23.8 Å². The third kappa shape index (κ3) is 3.31. The molecule has 3 aromatic carbocycles. The van der Waals surface area contributed by atoms with Gasteiger partial charge in [-0.15, -0.1) is 0 Å². The summed E-state index contributed by atoms with van der Waals surface area (Å²) in [5.41, 5.74) is 4.36. The molecular formula is C26H24N2O5. The Kier molecular flexibility index (Phi) is 4.57. The maximum Gasteiger partial charge on any atom is 0.258 e. The number of fused-ring (bicyclic) bond motifs is 3. The Morgan fingerprint density at radius 2 is 1.91 bits per heavy atom. The van der Waals surface area contributed by atoms with E-state index in [1.807, 2.05) is 59.5 Å². The molecule has 3 aromatic rings. The van der Waals surface area contributed by atoms with E-state index in [-0.39, 0.29) is 18.8 Å². The van der Waals surface area contributed by atoms with Crippen LogP contribution in [-0.2, 0) is 13.0 Å². The summed E-state index contributed by atoms with van der Waals surface area (Å²) in [5, 5.41) is 3.56. The van der Waals surface area contributed by atoms with Gasteiger partial charge in [0.25, 0.3) is 5.91 Å². The summed E-state index contributed by atoms with van der Waals surface area (Å²) in [4.78, 5) is 15.5. The minimum absolute atomic E-state index is 0.0520. The van der Waals surface area contributed by atoms with Crippen LogP contribution in [-0.4, -0.2) is 30.8 Å². The SMILES string of the molecule is COc1cc2c(cc1C1Nc3ccccc3C(=O)N1Cc1ccc3c(c1)OCO3)OC(C)C2. The van der Waals surface area contributed by atoms with E-state index >= 15 is 0 Å². The molecule has 6 rings (SSSR count). The van der Waals surface area contributed by atoms with E-state index in [0.29, 0.717) is 17.9 Å². The smallest absolute Gasteiger partial charge is 0.258 e. The van der Waals surface area contributed by atoms with Crippen LogP contribution in [0.2, 0.25) is 0 Å². The number of carbonyl (C=O) groups excluding carboxylic acids is 1. The van der Waals surface area contributed by atoms with Gasteiger partial charge in [-0.1, -0.05) is 18.2 Å². The normalized spacial score (nSPS) is 20.1. The number of carbonyl (C=O) groups is 1. The molecule has 0 aromatic heterocycles. The number of rotatable bonds is 4. The van der Waals surface area contributed by atoms with Gasteiger partial charge >= 0.3 is 0 Å². The van der Waals surface area contributed by atoms with Gasteiger partial charge in [0.15, 0.2) is 11.5 Å². The number of para-hydroxylation sites is 1.